The van der Waals surface area contributed by atoms with Gasteiger partial charge < -0.3 is 10.6 Å². The maximum atomic E-state index is 12.2. The topological polar surface area (TPSA) is 58.2 Å². The molecule has 1 heterocycles. The molecule has 0 fully saturated rings. The maximum Gasteiger partial charge on any atom is 0.251 e. The number of hydrogen-bond donors (Lipinski definition) is 2. The van der Waals surface area contributed by atoms with E-state index >= 15 is 0 Å². The minimum atomic E-state index is -0.0970. The second kappa shape index (κ2) is 6.02. The number of carbonyl (C=O) groups is 2. The summed E-state index contributed by atoms with van der Waals surface area (Å²) in [6.07, 6.45) is 1.15. The molecule has 0 saturated heterocycles. The average molecular weight is 294 g/mol. The van der Waals surface area contributed by atoms with Crippen molar-refractivity contribution in [1.29, 1.82) is 0 Å². The zero-order valence-electron chi connectivity index (χ0n) is 12.5. The summed E-state index contributed by atoms with van der Waals surface area (Å²) in [5, 5.41) is 5.74. The molecule has 1 aliphatic heterocycles. The summed E-state index contributed by atoms with van der Waals surface area (Å²) in [6, 6.07) is 13.5. The van der Waals surface area contributed by atoms with E-state index in [0.29, 0.717) is 24.9 Å². The van der Waals surface area contributed by atoms with Crippen molar-refractivity contribution in [3.05, 3.63) is 64.7 Å². The van der Waals surface area contributed by atoms with Gasteiger partial charge >= 0.3 is 0 Å². The van der Waals surface area contributed by atoms with Gasteiger partial charge in [0.05, 0.1) is 0 Å². The van der Waals surface area contributed by atoms with Gasteiger partial charge in [-0.05, 0) is 42.7 Å². The Labute approximate surface area is 129 Å². The fourth-order valence-electron chi connectivity index (χ4n) is 2.51. The van der Waals surface area contributed by atoms with E-state index < -0.39 is 0 Å². The average Bonchev–Trinajstić information content (AvgIpc) is 2.53. The Balaban J connectivity index is 1.67. The number of rotatable bonds is 3. The van der Waals surface area contributed by atoms with Gasteiger partial charge in [0.1, 0.15) is 0 Å². The molecule has 4 heteroatoms. The van der Waals surface area contributed by atoms with Crippen LogP contribution in [0.3, 0.4) is 0 Å². The van der Waals surface area contributed by atoms with Gasteiger partial charge in [-0.1, -0.05) is 29.8 Å². The van der Waals surface area contributed by atoms with E-state index in [1.807, 2.05) is 37.3 Å². The molecular weight excluding hydrogens is 276 g/mol. The molecule has 0 radical (unpaired) electrons. The standard InChI is InChI=1S/C18H18N2O2/c1-12-2-4-13(5-3-12)11-19-18(22)15-6-8-16-14(10-15)7-9-17(21)20-16/h2-6,8,10H,7,9,11H2,1H3,(H,19,22)(H,20,21). The molecule has 0 unspecified atom stereocenters. The van der Waals surface area contributed by atoms with Crippen LogP contribution in [0.15, 0.2) is 42.5 Å². The quantitative estimate of drug-likeness (QED) is 0.914. The lowest BCUT2D eigenvalue weighted by Gasteiger charge is -2.17. The highest BCUT2D eigenvalue weighted by molar-refractivity contribution is 5.97. The van der Waals surface area contributed by atoms with Crippen LogP contribution in [0.2, 0.25) is 0 Å². The van der Waals surface area contributed by atoms with Crippen molar-refractivity contribution < 1.29 is 9.59 Å². The van der Waals surface area contributed by atoms with Gasteiger partial charge in [0.25, 0.3) is 5.91 Å². The monoisotopic (exact) mass is 294 g/mol. The SMILES string of the molecule is Cc1ccc(CNC(=O)c2ccc3c(c2)CCC(=O)N3)cc1. The molecule has 2 aromatic rings. The lowest BCUT2D eigenvalue weighted by atomic mass is 10.00. The van der Waals surface area contributed by atoms with Crippen molar-refractivity contribution in [1.82, 2.24) is 5.32 Å². The van der Waals surface area contributed by atoms with E-state index in [9.17, 15) is 9.59 Å². The van der Waals surface area contributed by atoms with Gasteiger partial charge in [-0.3, -0.25) is 9.59 Å². The third-order valence-corrected chi connectivity index (χ3v) is 3.84. The first-order chi connectivity index (χ1) is 10.6. The zero-order valence-corrected chi connectivity index (χ0v) is 12.5. The molecule has 2 amide bonds. The summed E-state index contributed by atoms with van der Waals surface area (Å²) in [6.45, 7) is 2.54. The maximum absolute atomic E-state index is 12.2. The van der Waals surface area contributed by atoms with E-state index in [0.717, 1.165) is 16.8 Å². The lowest BCUT2D eigenvalue weighted by Crippen LogP contribution is -2.24. The molecular formula is C18H18N2O2. The van der Waals surface area contributed by atoms with Crippen LogP contribution in [0.25, 0.3) is 0 Å². The molecule has 0 aromatic heterocycles. The summed E-state index contributed by atoms with van der Waals surface area (Å²) in [7, 11) is 0. The predicted molar refractivity (Wildman–Crippen MR) is 85.7 cm³/mol. The van der Waals surface area contributed by atoms with Crippen molar-refractivity contribution in [3.8, 4) is 0 Å². The summed E-state index contributed by atoms with van der Waals surface area (Å²) in [4.78, 5) is 23.6. The summed E-state index contributed by atoms with van der Waals surface area (Å²) in [5.41, 5.74) is 4.73. The lowest BCUT2D eigenvalue weighted by molar-refractivity contribution is -0.116. The normalized spacial score (nSPS) is 13.2. The van der Waals surface area contributed by atoms with Crippen LogP contribution in [-0.4, -0.2) is 11.8 Å². The number of aryl methyl sites for hydroxylation is 2. The van der Waals surface area contributed by atoms with Crippen LogP contribution in [0, 0.1) is 6.92 Å². The van der Waals surface area contributed by atoms with E-state index in [4.69, 9.17) is 0 Å². The molecule has 2 aromatic carbocycles. The van der Waals surface area contributed by atoms with Crippen molar-refractivity contribution in [2.24, 2.45) is 0 Å². The van der Waals surface area contributed by atoms with Crippen LogP contribution in [0.4, 0.5) is 5.69 Å². The molecule has 4 nitrogen and oxygen atoms in total. The van der Waals surface area contributed by atoms with Crippen LogP contribution in [0.1, 0.15) is 33.5 Å². The van der Waals surface area contributed by atoms with Crippen molar-refractivity contribution in [3.63, 3.8) is 0 Å². The molecule has 0 spiro atoms. The van der Waals surface area contributed by atoms with Crippen LogP contribution >= 0.6 is 0 Å². The third kappa shape index (κ3) is 3.17. The Morgan fingerprint density at radius 2 is 1.91 bits per heavy atom. The summed E-state index contributed by atoms with van der Waals surface area (Å²) < 4.78 is 0. The Bertz CT molecular complexity index is 720. The van der Waals surface area contributed by atoms with E-state index in [1.165, 1.54) is 5.56 Å². The highest BCUT2D eigenvalue weighted by Gasteiger charge is 2.16. The van der Waals surface area contributed by atoms with E-state index in [-0.39, 0.29) is 11.8 Å². The Morgan fingerprint density at radius 3 is 2.68 bits per heavy atom. The molecule has 22 heavy (non-hydrogen) atoms. The fraction of sp³-hybridized carbons (Fsp3) is 0.222. The number of nitrogens with one attached hydrogen (secondary N) is 2. The number of anilines is 1. The van der Waals surface area contributed by atoms with Gasteiger partial charge in [0.15, 0.2) is 0 Å². The Morgan fingerprint density at radius 1 is 1.14 bits per heavy atom. The van der Waals surface area contributed by atoms with Crippen LogP contribution in [-0.2, 0) is 17.8 Å². The third-order valence-electron chi connectivity index (χ3n) is 3.84. The first-order valence-corrected chi connectivity index (χ1v) is 7.38. The number of amides is 2. The second-order valence-electron chi connectivity index (χ2n) is 5.59. The van der Waals surface area contributed by atoms with Crippen LogP contribution in [0.5, 0.6) is 0 Å². The van der Waals surface area contributed by atoms with Crippen molar-refractivity contribution in [2.75, 3.05) is 5.32 Å². The largest absolute Gasteiger partial charge is 0.348 e. The van der Waals surface area contributed by atoms with Crippen LogP contribution < -0.4 is 10.6 Å². The molecule has 0 saturated carbocycles. The van der Waals surface area contributed by atoms with Crippen molar-refractivity contribution >= 4 is 17.5 Å². The predicted octanol–water partition coefficient (Wildman–Crippen LogP) is 2.81. The zero-order chi connectivity index (χ0) is 15.5. The first-order valence-electron chi connectivity index (χ1n) is 7.38. The Hall–Kier alpha value is -2.62. The smallest absolute Gasteiger partial charge is 0.251 e. The molecule has 0 atom stereocenters. The molecule has 2 N–H and O–H groups in total. The van der Waals surface area contributed by atoms with E-state index in [1.54, 1.807) is 12.1 Å². The molecule has 112 valence electrons. The van der Waals surface area contributed by atoms with E-state index in [2.05, 4.69) is 10.6 Å². The summed E-state index contributed by atoms with van der Waals surface area (Å²) >= 11 is 0. The van der Waals surface area contributed by atoms with Gasteiger partial charge in [0.2, 0.25) is 5.91 Å². The molecule has 3 rings (SSSR count). The molecule has 0 bridgehead atoms. The minimum absolute atomic E-state index is 0.0315. The second-order valence-corrected chi connectivity index (χ2v) is 5.59. The number of benzene rings is 2. The molecule has 1 aliphatic rings. The fourth-order valence-corrected chi connectivity index (χ4v) is 2.51. The number of fused-ring (bicyclic) bond motifs is 1. The molecule has 0 aliphatic carbocycles. The highest BCUT2D eigenvalue weighted by Crippen LogP contribution is 2.23. The van der Waals surface area contributed by atoms with Gasteiger partial charge in [-0.15, -0.1) is 0 Å². The van der Waals surface area contributed by atoms with Gasteiger partial charge in [-0.2, -0.15) is 0 Å². The number of carbonyl (C=O) groups excluding carboxylic acids is 2. The number of hydrogen-bond acceptors (Lipinski definition) is 2. The van der Waals surface area contributed by atoms with Crippen molar-refractivity contribution in [2.45, 2.75) is 26.3 Å². The van der Waals surface area contributed by atoms with Gasteiger partial charge in [0, 0.05) is 24.2 Å². The highest BCUT2D eigenvalue weighted by atomic mass is 16.2. The Kier molecular flexibility index (Phi) is 3.92. The minimum Gasteiger partial charge on any atom is -0.348 e. The summed E-state index contributed by atoms with van der Waals surface area (Å²) in [5.74, 6) is -0.0654. The van der Waals surface area contributed by atoms with Gasteiger partial charge in [-0.25, -0.2) is 0 Å². The first kappa shape index (κ1) is 14.3.